The number of nitrogens with zero attached hydrogens (tertiary/aromatic N) is 4. The lowest BCUT2D eigenvalue weighted by Gasteiger charge is -2.11. The van der Waals surface area contributed by atoms with E-state index in [0.717, 1.165) is 49.9 Å². The van der Waals surface area contributed by atoms with E-state index < -0.39 is 23.0 Å². The molecule has 3 rings (SSSR count). The second-order valence-corrected chi connectivity index (χ2v) is 5.67. The highest BCUT2D eigenvalue weighted by atomic mass is 19.3. The normalized spacial score (nSPS) is 14.0. The summed E-state index contributed by atoms with van der Waals surface area (Å²) in [5.74, 6) is 1.20. The van der Waals surface area contributed by atoms with Gasteiger partial charge in [0.25, 0.3) is 0 Å². The Hall–Kier alpha value is -2.78. The van der Waals surface area contributed by atoms with E-state index in [1.165, 1.54) is 12.1 Å². The summed E-state index contributed by atoms with van der Waals surface area (Å²) in [5.41, 5.74) is -0.0885. The number of ether oxygens (including phenoxy) is 1. The maximum Gasteiger partial charge on any atom is 0.387 e. The number of aromatic nitrogens is 3. The Morgan fingerprint density at radius 1 is 1.32 bits per heavy atom. The van der Waals surface area contributed by atoms with Crippen molar-refractivity contribution in [2.24, 2.45) is 0 Å². The van der Waals surface area contributed by atoms with Gasteiger partial charge in [-0.2, -0.15) is 8.78 Å². The Kier molecular flexibility index (Phi) is 5.05. The molecule has 10 heteroatoms. The summed E-state index contributed by atoms with van der Waals surface area (Å²) in [4.78, 5) is 10.1. The zero-order valence-electron chi connectivity index (χ0n) is 13.3. The number of alkyl halides is 2. The van der Waals surface area contributed by atoms with Crippen LogP contribution < -0.4 is 10.1 Å². The first kappa shape index (κ1) is 17.1. The monoisotopic (exact) mass is 353 g/mol. The number of hydrogen-bond donors (Lipinski definition) is 1. The molecule has 8 nitrogen and oxygen atoms in total. The molecular weight excluding hydrogens is 336 g/mol. The van der Waals surface area contributed by atoms with Crippen LogP contribution in [0.4, 0.5) is 20.2 Å². The third-order valence-electron chi connectivity index (χ3n) is 4.01. The summed E-state index contributed by atoms with van der Waals surface area (Å²) in [6.07, 6.45) is 4.17. The molecule has 1 aliphatic rings. The van der Waals surface area contributed by atoms with E-state index in [4.69, 9.17) is 0 Å². The van der Waals surface area contributed by atoms with Crippen molar-refractivity contribution >= 4 is 11.4 Å². The second-order valence-electron chi connectivity index (χ2n) is 5.67. The van der Waals surface area contributed by atoms with Crippen LogP contribution in [0.5, 0.6) is 5.75 Å². The number of nitrogens with one attached hydrogen (secondary N) is 1. The second kappa shape index (κ2) is 7.41. The zero-order chi connectivity index (χ0) is 17.8. The summed E-state index contributed by atoms with van der Waals surface area (Å²) < 4.78 is 31.2. The average molecular weight is 353 g/mol. The molecule has 1 aromatic heterocycles. The van der Waals surface area contributed by atoms with Gasteiger partial charge in [-0.15, -0.1) is 10.2 Å². The highest BCUT2D eigenvalue weighted by molar-refractivity contribution is 5.58. The van der Waals surface area contributed by atoms with Crippen LogP contribution in [0.1, 0.15) is 30.9 Å². The number of nitro benzene ring substituents is 1. The highest BCUT2D eigenvalue weighted by Crippen LogP contribution is 2.31. The Labute approximate surface area is 142 Å². The van der Waals surface area contributed by atoms with Gasteiger partial charge in [0.1, 0.15) is 5.82 Å². The quantitative estimate of drug-likeness (QED) is 0.633. The van der Waals surface area contributed by atoms with Gasteiger partial charge in [-0.25, -0.2) is 0 Å². The molecule has 0 fully saturated rings. The standard InChI is InChI=1S/C15H17F2N5O3/c16-15(17)25-12-8-10(5-6-11(12)22(23)24)18-9-14-20-19-13-4-2-1-3-7-21(13)14/h5-6,8,15,18H,1-4,7,9H2. The molecule has 0 saturated heterocycles. The van der Waals surface area contributed by atoms with Crippen molar-refractivity contribution in [1.82, 2.24) is 14.8 Å². The van der Waals surface area contributed by atoms with Gasteiger partial charge in [0.05, 0.1) is 11.5 Å². The SMILES string of the molecule is O=[N+]([O-])c1ccc(NCc2nnc3n2CCCCC3)cc1OC(F)F. The van der Waals surface area contributed by atoms with Gasteiger partial charge in [0.2, 0.25) is 5.75 Å². The summed E-state index contributed by atoms with van der Waals surface area (Å²) in [7, 11) is 0. The number of anilines is 1. The molecule has 1 N–H and O–H groups in total. The Morgan fingerprint density at radius 2 is 2.16 bits per heavy atom. The van der Waals surface area contributed by atoms with Crippen LogP contribution >= 0.6 is 0 Å². The first-order valence-corrected chi connectivity index (χ1v) is 7.92. The van der Waals surface area contributed by atoms with Crippen LogP contribution in [0.2, 0.25) is 0 Å². The molecule has 0 atom stereocenters. The summed E-state index contributed by atoms with van der Waals surface area (Å²) in [6.45, 7) is -1.96. The van der Waals surface area contributed by atoms with Gasteiger partial charge < -0.3 is 14.6 Å². The molecule has 2 heterocycles. The molecular formula is C15H17F2N5O3. The van der Waals surface area contributed by atoms with Crippen LogP contribution in [0.3, 0.4) is 0 Å². The summed E-state index contributed by atoms with van der Waals surface area (Å²) >= 11 is 0. The van der Waals surface area contributed by atoms with Gasteiger partial charge >= 0.3 is 12.3 Å². The predicted octanol–water partition coefficient (Wildman–Crippen LogP) is 3.13. The zero-order valence-corrected chi connectivity index (χ0v) is 13.3. The minimum atomic E-state index is -3.14. The number of rotatable bonds is 6. The topological polar surface area (TPSA) is 95.1 Å². The van der Waals surface area contributed by atoms with Gasteiger partial charge in [-0.1, -0.05) is 6.42 Å². The maximum absolute atomic E-state index is 12.4. The number of halogens is 2. The lowest BCUT2D eigenvalue weighted by Crippen LogP contribution is -2.11. The molecule has 0 radical (unpaired) electrons. The number of nitro groups is 1. The van der Waals surface area contributed by atoms with Crippen LogP contribution in [-0.4, -0.2) is 26.3 Å². The number of fused-ring (bicyclic) bond motifs is 1. The largest absolute Gasteiger partial charge is 0.427 e. The Balaban J connectivity index is 1.75. The first-order valence-electron chi connectivity index (χ1n) is 7.92. The van der Waals surface area contributed by atoms with E-state index in [1.807, 2.05) is 0 Å². The van der Waals surface area contributed by atoms with Gasteiger partial charge in [0.15, 0.2) is 5.82 Å². The smallest absolute Gasteiger partial charge is 0.387 e. The minimum Gasteiger partial charge on any atom is -0.427 e. The molecule has 25 heavy (non-hydrogen) atoms. The molecule has 0 amide bonds. The highest BCUT2D eigenvalue weighted by Gasteiger charge is 2.19. The molecule has 2 aromatic rings. The van der Waals surface area contributed by atoms with Crippen LogP contribution in [-0.2, 0) is 19.5 Å². The van der Waals surface area contributed by atoms with Gasteiger partial charge in [-0.3, -0.25) is 10.1 Å². The van der Waals surface area contributed by atoms with Crippen molar-refractivity contribution in [2.45, 2.75) is 45.4 Å². The fraction of sp³-hybridized carbons (Fsp3) is 0.467. The average Bonchev–Trinajstić information content (AvgIpc) is 2.79. The minimum absolute atomic E-state index is 0.332. The van der Waals surface area contributed by atoms with Crippen LogP contribution in [0.25, 0.3) is 0 Å². The number of hydrogen-bond acceptors (Lipinski definition) is 6. The van der Waals surface area contributed by atoms with Crippen molar-refractivity contribution in [3.63, 3.8) is 0 Å². The number of benzene rings is 1. The Morgan fingerprint density at radius 3 is 2.92 bits per heavy atom. The van der Waals surface area contributed by atoms with E-state index in [-0.39, 0.29) is 0 Å². The van der Waals surface area contributed by atoms with Crippen LogP contribution in [0.15, 0.2) is 18.2 Å². The lowest BCUT2D eigenvalue weighted by atomic mass is 10.2. The summed E-state index contributed by atoms with van der Waals surface area (Å²) in [6, 6.07) is 3.75. The first-order chi connectivity index (χ1) is 12.0. The van der Waals surface area contributed by atoms with E-state index in [1.54, 1.807) is 0 Å². The van der Waals surface area contributed by atoms with E-state index in [9.17, 15) is 18.9 Å². The molecule has 0 spiro atoms. The van der Waals surface area contributed by atoms with Crippen LogP contribution in [0, 0.1) is 10.1 Å². The third-order valence-corrected chi connectivity index (χ3v) is 4.01. The van der Waals surface area contributed by atoms with E-state index >= 15 is 0 Å². The number of aryl methyl sites for hydroxylation is 1. The van der Waals surface area contributed by atoms with Crippen molar-refractivity contribution in [1.29, 1.82) is 0 Å². The maximum atomic E-state index is 12.4. The van der Waals surface area contributed by atoms with E-state index in [0.29, 0.717) is 12.2 Å². The summed E-state index contributed by atoms with van der Waals surface area (Å²) in [5, 5.41) is 22.3. The Bertz CT molecular complexity index is 766. The fourth-order valence-corrected chi connectivity index (χ4v) is 2.82. The third kappa shape index (κ3) is 4.01. The van der Waals surface area contributed by atoms with Gasteiger partial charge in [-0.05, 0) is 18.9 Å². The molecule has 0 unspecified atom stereocenters. The van der Waals surface area contributed by atoms with Crippen molar-refractivity contribution in [3.05, 3.63) is 40.0 Å². The molecule has 0 aliphatic carbocycles. The fourth-order valence-electron chi connectivity index (χ4n) is 2.82. The molecule has 1 aliphatic heterocycles. The lowest BCUT2D eigenvalue weighted by molar-refractivity contribution is -0.386. The molecule has 1 aromatic carbocycles. The molecule has 0 bridgehead atoms. The van der Waals surface area contributed by atoms with Crippen molar-refractivity contribution in [3.8, 4) is 5.75 Å². The predicted molar refractivity (Wildman–Crippen MR) is 84.6 cm³/mol. The molecule has 134 valence electrons. The van der Waals surface area contributed by atoms with Crippen molar-refractivity contribution < 1.29 is 18.4 Å². The van der Waals surface area contributed by atoms with E-state index in [2.05, 4.69) is 24.8 Å². The van der Waals surface area contributed by atoms with Gasteiger partial charge in [0, 0.05) is 30.8 Å². The molecule has 0 saturated carbocycles. The van der Waals surface area contributed by atoms with Crippen molar-refractivity contribution in [2.75, 3.05) is 5.32 Å².